The van der Waals surface area contributed by atoms with Crippen molar-refractivity contribution >= 4 is 17.7 Å². The lowest BCUT2D eigenvalue weighted by Gasteiger charge is -2.07. The number of halogens is 1. The summed E-state index contributed by atoms with van der Waals surface area (Å²) in [5.41, 5.74) is 4.91. The Labute approximate surface area is 185 Å². The maximum absolute atomic E-state index is 13.2. The van der Waals surface area contributed by atoms with Gasteiger partial charge in [0.05, 0.1) is 11.9 Å². The molecule has 0 aliphatic rings. The van der Waals surface area contributed by atoms with E-state index in [1.54, 1.807) is 48.3 Å². The molecule has 160 valence electrons. The third-order valence-corrected chi connectivity index (χ3v) is 5.11. The Balaban J connectivity index is 1.42. The van der Waals surface area contributed by atoms with E-state index in [2.05, 4.69) is 10.4 Å². The summed E-state index contributed by atoms with van der Waals surface area (Å²) in [4.78, 5) is 12.4. The largest absolute Gasteiger partial charge is 0.508 e. The second-order valence-electron chi connectivity index (χ2n) is 7.40. The van der Waals surface area contributed by atoms with Gasteiger partial charge in [0, 0.05) is 36.4 Å². The zero-order valence-corrected chi connectivity index (χ0v) is 17.5. The molecule has 5 nitrogen and oxygen atoms in total. The number of anilines is 1. The molecule has 0 atom stereocenters. The lowest BCUT2D eigenvalue weighted by Crippen LogP contribution is -2.07. The predicted molar refractivity (Wildman–Crippen MR) is 124 cm³/mol. The summed E-state index contributed by atoms with van der Waals surface area (Å²) >= 11 is 0. The number of amides is 1. The predicted octanol–water partition coefficient (Wildman–Crippen LogP) is 5.17. The number of hydrogen-bond acceptors (Lipinski definition) is 3. The van der Waals surface area contributed by atoms with Gasteiger partial charge in [-0.2, -0.15) is 5.10 Å². The molecule has 0 fully saturated rings. The Morgan fingerprint density at radius 2 is 1.78 bits per heavy atom. The van der Waals surface area contributed by atoms with Crippen LogP contribution < -0.4 is 5.32 Å². The Morgan fingerprint density at radius 1 is 1.06 bits per heavy atom. The van der Waals surface area contributed by atoms with Crippen molar-refractivity contribution < 1.29 is 14.3 Å². The Bertz CT molecular complexity index is 1260. The van der Waals surface area contributed by atoms with Crippen molar-refractivity contribution in [2.45, 2.75) is 6.42 Å². The molecule has 0 spiro atoms. The number of nitrogens with one attached hydrogen (secondary N) is 1. The number of hydrogen-bond donors (Lipinski definition) is 2. The van der Waals surface area contributed by atoms with Gasteiger partial charge in [-0.15, -0.1) is 0 Å². The highest BCUT2D eigenvalue weighted by Gasteiger charge is 2.10. The quantitative estimate of drug-likeness (QED) is 0.417. The summed E-state index contributed by atoms with van der Waals surface area (Å²) in [5.74, 6) is -0.309. The van der Waals surface area contributed by atoms with Gasteiger partial charge in [0.2, 0.25) is 5.91 Å². The first kappa shape index (κ1) is 21.1. The molecule has 0 bridgehead atoms. The number of carbonyl (C=O) groups is 1. The average Bonchev–Trinajstić information content (AvgIpc) is 3.16. The molecular formula is C26H22FN3O2. The van der Waals surface area contributed by atoms with Gasteiger partial charge in [-0.1, -0.05) is 30.3 Å². The number of rotatable bonds is 6. The fourth-order valence-corrected chi connectivity index (χ4v) is 3.47. The molecule has 4 rings (SSSR count). The minimum absolute atomic E-state index is 0.269. The second kappa shape index (κ2) is 9.31. The number of carbonyl (C=O) groups excluding carboxylic acids is 1. The van der Waals surface area contributed by atoms with Gasteiger partial charge in [-0.25, -0.2) is 4.39 Å². The van der Waals surface area contributed by atoms with Crippen LogP contribution in [-0.4, -0.2) is 20.8 Å². The van der Waals surface area contributed by atoms with E-state index < -0.39 is 0 Å². The van der Waals surface area contributed by atoms with Crippen LogP contribution in [0.5, 0.6) is 5.75 Å². The van der Waals surface area contributed by atoms with Crippen LogP contribution in [0.4, 0.5) is 10.1 Å². The highest BCUT2D eigenvalue weighted by Crippen LogP contribution is 2.25. The number of phenolic OH excluding ortho intramolecular Hbond substituents is 1. The van der Waals surface area contributed by atoms with Crippen molar-refractivity contribution in [3.8, 4) is 17.0 Å². The van der Waals surface area contributed by atoms with E-state index in [1.165, 1.54) is 18.2 Å². The summed E-state index contributed by atoms with van der Waals surface area (Å²) in [6.45, 7) is 0. The standard InChI is InChI=1S/C26H22FN3O2/c1-30-26(19-8-11-22(27)12-9-19)21(17-28-30)10-15-25(32)29-23-13-6-18(7-14-23)16-20-4-2-3-5-24(20)31/h2-15,17,31H,16H2,1H3,(H,29,32). The molecule has 0 aliphatic heterocycles. The molecule has 0 saturated carbocycles. The lowest BCUT2D eigenvalue weighted by atomic mass is 10.0. The molecule has 0 saturated heterocycles. The lowest BCUT2D eigenvalue weighted by molar-refractivity contribution is -0.111. The van der Waals surface area contributed by atoms with E-state index in [0.717, 1.165) is 27.9 Å². The van der Waals surface area contributed by atoms with Crippen LogP contribution in [0.15, 0.2) is 85.1 Å². The van der Waals surface area contributed by atoms with E-state index in [1.807, 2.05) is 36.4 Å². The van der Waals surface area contributed by atoms with Crippen LogP contribution in [0, 0.1) is 5.82 Å². The SMILES string of the molecule is Cn1ncc(C=CC(=O)Nc2ccc(Cc3ccccc3O)cc2)c1-c1ccc(F)cc1. The summed E-state index contributed by atoms with van der Waals surface area (Å²) in [6.07, 6.45) is 5.40. The topological polar surface area (TPSA) is 67.2 Å². The molecule has 0 radical (unpaired) electrons. The third kappa shape index (κ3) is 4.92. The van der Waals surface area contributed by atoms with Crippen LogP contribution in [0.2, 0.25) is 0 Å². The molecule has 4 aromatic rings. The van der Waals surface area contributed by atoms with E-state index in [4.69, 9.17) is 0 Å². The summed E-state index contributed by atoms with van der Waals surface area (Å²) < 4.78 is 14.9. The van der Waals surface area contributed by atoms with Gasteiger partial charge in [0.1, 0.15) is 11.6 Å². The van der Waals surface area contributed by atoms with Crippen LogP contribution in [0.1, 0.15) is 16.7 Å². The van der Waals surface area contributed by atoms with Crippen molar-refractivity contribution in [2.24, 2.45) is 7.05 Å². The molecule has 2 N–H and O–H groups in total. The Morgan fingerprint density at radius 3 is 2.50 bits per heavy atom. The van der Waals surface area contributed by atoms with E-state index in [-0.39, 0.29) is 17.5 Å². The first-order valence-electron chi connectivity index (χ1n) is 10.1. The zero-order chi connectivity index (χ0) is 22.5. The van der Waals surface area contributed by atoms with Crippen LogP contribution in [0.25, 0.3) is 17.3 Å². The fraction of sp³-hybridized carbons (Fsp3) is 0.0769. The molecule has 0 unspecified atom stereocenters. The molecule has 1 amide bonds. The average molecular weight is 427 g/mol. The number of aromatic hydroxyl groups is 1. The number of aryl methyl sites for hydroxylation is 1. The number of phenols is 1. The second-order valence-corrected chi connectivity index (χ2v) is 7.40. The summed E-state index contributed by atoms with van der Waals surface area (Å²) in [5, 5.41) is 17.0. The monoisotopic (exact) mass is 427 g/mol. The van der Waals surface area contributed by atoms with Gasteiger partial charge < -0.3 is 10.4 Å². The molecule has 6 heteroatoms. The van der Waals surface area contributed by atoms with E-state index in [9.17, 15) is 14.3 Å². The molecule has 3 aromatic carbocycles. The zero-order valence-electron chi connectivity index (χ0n) is 17.5. The minimum atomic E-state index is -0.307. The van der Waals surface area contributed by atoms with Crippen LogP contribution in [0.3, 0.4) is 0 Å². The highest BCUT2D eigenvalue weighted by molar-refractivity contribution is 6.02. The van der Waals surface area contributed by atoms with Crippen LogP contribution in [-0.2, 0) is 18.3 Å². The van der Waals surface area contributed by atoms with Crippen molar-refractivity contribution in [3.63, 3.8) is 0 Å². The number of nitrogens with zero attached hydrogens (tertiary/aromatic N) is 2. The smallest absolute Gasteiger partial charge is 0.248 e. The van der Waals surface area contributed by atoms with Crippen LogP contribution >= 0.6 is 0 Å². The number of aromatic nitrogens is 2. The maximum atomic E-state index is 13.2. The van der Waals surface area contributed by atoms with Crippen molar-refractivity contribution in [3.05, 3.63) is 108 Å². The van der Waals surface area contributed by atoms with E-state index >= 15 is 0 Å². The fourth-order valence-electron chi connectivity index (χ4n) is 3.47. The maximum Gasteiger partial charge on any atom is 0.248 e. The summed E-state index contributed by atoms with van der Waals surface area (Å²) in [7, 11) is 1.80. The van der Waals surface area contributed by atoms with Gasteiger partial charge in [0.25, 0.3) is 0 Å². The Kier molecular flexibility index (Phi) is 6.12. The van der Waals surface area contributed by atoms with Gasteiger partial charge in [-0.3, -0.25) is 9.48 Å². The van der Waals surface area contributed by atoms with Gasteiger partial charge in [-0.05, 0) is 59.7 Å². The molecule has 32 heavy (non-hydrogen) atoms. The normalized spacial score (nSPS) is 11.1. The molecular weight excluding hydrogens is 405 g/mol. The third-order valence-electron chi connectivity index (χ3n) is 5.11. The minimum Gasteiger partial charge on any atom is -0.508 e. The number of benzene rings is 3. The number of para-hydroxylation sites is 1. The van der Waals surface area contributed by atoms with Crippen molar-refractivity contribution in [2.75, 3.05) is 5.32 Å². The van der Waals surface area contributed by atoms with Gasteiger partial charge >= 0.3 is 0 Å². The molecule has 1 aromatic heterocycles. The van der Waals surface area contributed by atoms with Crippen molar-refractivity contribution in [1.29, 1.82) is 0 Å². The first-order valence-corrected chi connectivity index (χ1v) is 10.1. The van der Waals surface area contributed by atoms with Gasteiger partial charge in [0.15, 0.2) is 0 Å². The Hall–Kier alpha value is -4.19. The highest BCUT2D eigenvalue weighted by atomic mass is 19.1. The first-order chi connectivity index (χ1) is 15.5. The molecule has 0 aliphatic carbocycles. The summed E-state index contributed by atoms with van der Waals surface area (Å²) in [6, 6.07) is 20.9. The molecule has 1 heterocycles. The van der Waals surface area contributed by atoms with Crippen molar-refractivity contribution in [1.82, 2.24) is 9.78 Å². The van der Waals surface area contributed by atoms with E-state index in [0.29, 0.717) is 12.1 Å².